The number of pyridine rings is 1. The minimum Gasteiger partial charge on any atom is -0.457 e. The number of hydrogen-bond acceptors (Lipinski definition) is 6. The van der Waals surface area contributed by atoms with Crippen LogP contribution in [-0.2, 0) is 9.59 Å². The second-order valence-corrected chi connectivity index (χ2v) is 9.70. The SMILES string of the molecule is CCCC(NC(=O)c1ccc(Oc2ccccc2)cc1)C(=O)N1CCC2C1C(=O)CN2C(=O)c1ccccn1. The van der Waals surface area contributed by atoms with Crippen LogP contribution >= 0.6 is 0 Å². The van der Waals surface area contributed by atoms with Crippen LogP contribution in [0.3, 0.4) is 0 Å². The quantitative estimate of drug-likeness (QED) is 0.482. The molecule has 3 atom stereocenters. The molecule has 0 aliphatic carbocycles. The van der Waals surface area contributed by atoms with Crippen LogP contribution in [0.5, 0.6) is 11.5 Å². The number of para-hydroxylation sites is 1. The Balaban J connectivity index is 1.25. The molecule has 0 bridgehead atoms. The zero-order valence-electron chi connectivity index (χ0n) is 21.7. The predicted molar refractivity (Wildman–Crippen MR) is 143 cm³/mol. The number of ketones is 1. The molecule has 3 heterocycles. The lowest BCUT2D eigenvalue weighted by Crippen LogP contribution is -2.52. The van der Waals surface area contributed by atoms with Gasteiger partial charge in [0.15, 0.2) is 5.78 Å². The summed E-state index contributed by atoms with van der Waals surface area (Å²) in [6, 6.07) is 19.2. The molecule has 2 aliphatic heterocycles. The van der Waals surface area contributed by atoms with E-state index in [-0.39, 0.29) is 35.7 Å². The van der Waals surface area contributed by atoms with Crippen LogP contribution in [0, 0.1) is 0 Å². The number of carbonyl (C=O) groups is 4. The van der Waals surface area contributed by atoms with Crippen molar-refractivity contribution >= 4 is 23.5 Å². The van der Waals surface area contributed by atoms with E-state index in [2.05, 4.69) is 10.3 Å². The van der Waals surface area contributed by atoms with Gasteiger partial charge in [0.05, 0.1) is 12.6 Å². The van der Waals surface area contributed by atoms with Gasteiger partial charge in [-0.1, -0.05) is 37.6 Å². The summed E-state index contributed by atoms with van der Waals surface area (Å²) in [7, 11) is 0. The molecule has 0 radical (unpaired) electrons. The highest BCUT2D eigenvalue weighted by Gasteiger charge is 2.52. The van der Waals surface area contributed by atoms with Crippen molar-refractivity contribution in [3.8, 4) is 11.5 Å². The van der Waals surface area contributed by atoms with Crippen LogP contribution in [0.1, 0.15) is 47.0 Å². The third-order valence-electron chi connectivity index (χ3n) is 7.13. The van der Waals surface area contributed by atoms with Crippen molar-refractivity contribution in [1.29, 1.82) is 0 Å². The van der Waals surface area contributed by atoms with E-state index in [1.165, 1.54) is 16.0 Å². The molecule has 3 aromatic rings. The number of amides is 3. The number of Topliss-reactive ketones (excluding diaryl/α,β-unsaturated/α-hetero) is 1. The molecule has 2 aromatic carbocycles. The number of benzene rings is 2. The van der Waals surface area contributed by atoms with Gasteiger partial charge in [-0.25, -0.2) is 0 Å². The van der Waals surface area contributed by atoms with Crippen molar-refractivity contribution in [2.45, 2.75) is 44.3 Å². The topological polar surface area (TPSA) is 109 Å². The van der Waals surface area contributed by atoms with Gasteiger partial charge >= 0.3 is 0 Å². The van der Waals surface area contributed by atoms with Crippen molar-refractivity contribution < 1.29 is 23.9 Å². The average Bonchev–Trinajstić information content (AvgIpc) is 3.54. The maximum Gasteiger partial charge on any atom is 0.273 e. The third-order valence-corrected chi connectivity index (χ3v) is 7.13. The number of hydrogen-bond donors (Lipinski definition) is 1. The lowest BCUT2D eigenvalue weighted by atomic mass is 10.1. The highest BCUT2D eigenvalue weighted by atomic mass is 16.5. The van der Waals surface area contributed by atoms with Gasteiger partial charge in [-0.15, -0.1) is 0 Å². The van der Waals surface area contributed by atoms with Crippen LogP contribution in [0.4, 0.5) is 0 Å². The van der Waals surface area contributed by atoms with Gasteiger partial charge in [0.2, 0.25) is 5.91 Å². The van der Waals surface area contributed by atoms with E-state index in [1.807, 2.05) is 37.3 Å². The van der Waals surface area contributed by atoms with Gasteiger partial charge in [-0.2, -0.15) is 0 Å². The molecular formula is C30H30N4O5. The molecule has 0 spiro atoms. The summed E-state index contributed by atoms with van der Waals surface area (Å²) >= 11 is 0. The van der Waals surface area contributed by atoms with E-state index in [9.17, 15) is 19.2 Å². The highest BCUT2D eigenvalue weighted by Crippen LogP contribution is 2.31. The Morgan fingerprint density at radius 3 is 2.38 bits per heavy atom. The third kappa shape index (κ3) is 5.52. The molecule has 2 saturated heterocycles. The first-order valence-electron chi connectivity index (χ1n) is 13.1. The van der Waals surface area contributed by atoms with Gasteiger partial charge in [0, 0.05) is 18.3 Å². The zero-order valence-corrected chi connectivity index (χ0v) is 21.7. The molecule has 2 aliphatic rings. The monoisotopic (exact) mass is 526 g/mol. The Kier molecular flexibility index (Phi) is 7.67. The van der Waals surface area contributed by atoms with Gasteiger partial charge in [0.25, 0.3) is 11.8 Å². The van der Waals surface area contributed by atoms with Crippen LogP contribution in [0.15, 0.2) is 79.0 Å². The molecule has 1 aromatic heterocycles. The molecule has 200 valence electrons. The minimum absolute atomic E-state index is 0.0588. The second kappa shape index (κ2) is 11.5. The Hall–Kier alpha value is -4.53. The summed E-state index contributed by atoms with van der Waals surface area (Å²) < 4.78 is 5.79. The zero-order chi connectivity index (χ0) is 27.4. The minimum atomic E-state index is -0.783. The molecule has 9 heteroatoms. The molecule has 39 heavy (non-hydrogen) atoms. The first-order chi connectivity index (χ1) is 19.0. The van der Waals surface area contributed by atoms with Crippen molar-refractivity contribution in [3.05, 3.63) is 90.3 Å². The predicted octanol–water partition coefficient (Wildman–Crippen LogP) is 3.47. The Bertz CT molecular complexity index is 1350. The number of rotatable bonds is 8. The molecule has 3 amide bonds. The van der Waals surface area contributed by atoms with E-state index in [1.54, 1.807) is 42.5 Å². The summed E-state index contributed by atoms with van der Waals surface area (Å²) in [5.74, 6) is 0.103. The summed E-state index contributed by atoms with van der Waals surface area (Å²) in [6.45, 7) is 2.22. The Labute approximate surface area is 226 Å². The van der Waals surface area contributed by atoms with E-state index in [4.69, 9.17) is 4.74 Å². The fraction of sp³-hybridized carbons (Fsp3) is 0.300. The van der Waals surface area contributed by atoms with E-state index in [0.29, 0.717) is 42.9 Å². The van der Waals surface area contributed by atoms with E-state index in [0.717, 1.165) is 0 Å². The first kappa shape index (κ1) is 26.1. The van der Waals surface area contributed by atoms with Crippen LogP contribution in [0.2, 0.25) is 0 Å². The molecule has 0 saturated carbocycles. The Morgan fingerprint density at radius 2 is 1.69 bits per heavy atom. The molecule has 9 nitrogen and oxygen atoms in total. The summed E-state index contributed by atoms with van der Waals surface area (Å²) in [6.07, 6.45) is 3.13. The molecule has 1 N–H and O–H groups in total. The van der Waals surface area contributed by atoms with Crippen molar-refractivity contribution in [3.63, 3.8) is 0 Å². The van der Waals surface area contributed by atoms with Crippen LogP contribution in [-0.4, -0.2) is 69.5 Å². The normalized spacial score (nSPS) is 18.9. The fourth-order valence-electron chi connectivity index (χ4n) is 5.26. The van der Waals surface area contributed by atoms with Crippen LogP contribution < -0.4 is 10.1 Å². The lowest BCUT2D eigenvalue weighted by Gasteiger charge is -2.28. The standard InChI is InChI=1S/C30H30N4O5/c1-2-8-24(32-28(36)20-12-14-22(15-13-20)39-21-9-4-3-5-10-21)30(38)33-18-16-25-27(33)26(35)19-34(25)29(37)23-11-6-7-17-31-23/h3-7,9-15,17,24-25,27H,2,8,16,18-19H2,1H3,(H,32,36). The van der Waals surface area contributed by atoms with Crippen LogP contribution in [0.25, 0.3) is 0 Å². The van der Waals surface area contributed by atoms with E-state index < -0.39 is 18.1 Å². The van der Waals surface area contributed by atoms with Gasteiger partial charge < -0.3 is 19.9 Å². The first-order valence-corrected chi connectivity index (χ1v) is 13.1. The highest BCUT2D eigenvalue weighted by molar-refractivity contribution is 6.03. The lowest BCUT2D eigenvalue weighted by molar-refractivity contribution is -0.138. The molecular weight excluding hydrogens is 496 g/mol. The van der Waals surface area contributed by atoms with Gasteiger partial charge in [-0.05, 0) is 61.4 Å². The summed E-state index contributed by atoms with van der Waals surface area (Å²) in [5, 5.41) is 2.86. The number of fused-ring (bicyclic) bond motifs is 1. The van der Waals surface area contributed by atoms with Crippen molar-refractivity contribution in [2.75, 3.05) is 13.1 Å². The molecule has 5 rings (SSSR count). The van der Waals surface area contributed by atoms with E-state index >= 15 is 0 Å². The number of likely N-dealkylation sites (tertiary alicyclic amines) is 2. The summed E-state index contributed by atoms with van der Waals surface area (Å²) in [4.78, 5) is 59.9. The summed E-state index contributed by atoms with van der Waals surface area (Å²) in [5.41, 5.74) is 0.666. The fourth-order valence-corrected chi connectivity index (χ4v) is 5.26. The number of aromatic nitrogens is 1. The largest absolute Gasteiger partial charge is 0.457 e. The average molecular weight is 527 g/mol. The molecule has 2 fully saturated rings. The van der Waals surface area contributed by atoms with Crippen molar-refractivity contribution in [1.82, 2.24) is 20.1 Å². The molecule has 3 unspecified atom stereocenters. The maximum absolute atomic E-state index is 13.6. The number of nitrogens with zero attached hydrogens (tertiary/aromatic N) is 3. The smallest absolute Gasteiger partial charge is 0.273 e. The Morgan fingerprint density at radius 1 is 0.974 bits per heavy atom. The number of nitrogens with one attached hydrogen (secondary N) is 1. The number of carbonyl (C=O) groups excluding carboxylic acids is 4. The number of ether oxygens (including phenoxy) is 1. The van der Waals surface area contributed by atoms with Crippen molar-refractivity contribution in [2.24, 2.45) is 0 Å². The second-order valence-electron chi connectivity index (χ2n) is 9.70. The maximum atomic E-state index is 13.6. The van der Waals surface area contributed by atoms with Gasteiger partial charge in [0.1, 0.15) is 29.3 Å². The van der Waals surface area contributed by atoms with Gasteiger partial charge in [-0.3, -0.25) is 24.2 Å².